The smallest absolute Gasteiger partial charge is 0.0430 e. The average molecular weight is 252 g/mol. The highest BCUT2D eigenvalue weighted by molar-refractivity contribution is 5.56. The Labute approximate surface area is 114 Å². The summed E-state index contributed by atoms with van der Waals surface area (Å²) in [6, 6.07) is 17.6. The Balaban J connectivity index is 1.86. The van der Waals surface area contributed by atoms with Gasteiger partial charge in [0.2, 0.25) is 0 Å². The van der Waals surface area contributed by atoms with Gasteiger partial charge in [-0.3, -0.25) is 0 Å². The predicted molar refractivity (Wildman–Crippen MR) is 80.4 cm³/mol. The average Bonchev–Trinajstić information content (AvgIpc) is 2.41. The van der Waals surface area contributed by atoms with Crippen LogP contribution in [0.15, 0.2) is 48.5 Å². The highest BCUT2D eigenvalue weighted by Crippen LogP contribution is 2.27. The van der Waals surface area contributed by atoms with Gasteiger partial charge in [-0.05, 0) is 30.5 Å². The molecule has 2 N–H and O–H groups in total. The van der Waals surface area contributed by atoms with E-state index in [1.807, 2.05) is 0 Å². The zero-order valence-electron chi connectivity index (χ0n) is 11.3. The lowest BCUT2D eigenvalue weighted by Crippen LogP contribution is -2.42. The highest BCUT2D eigenvalue weighted by Gasteiger charge is 2.21. The van der Waals surface area contributed by atoms with Crippen LogP contribution >= 0.6 is 0 Å². The molecule has 0 radical (unpaired) electrons. The molecule has 1 aliphatic rings. The molecule has 0 fully saturated rings. The number of nitrogens with zero attached hydrogens (tertiary/aromatic N) is 1. The second-order valence-corrected chi connectivity index (χ2v) is 5.46. The highest BCUT2D eigenvalue weighted by atomic mass is 15.2. The molecule has 0 saturated heterocycles. The first-order chi connectivity index (χ1) is 9.22. The molecule has 2 nitrogen and oxygen atoms in total. The summed E-state index contributed by atoms with van der Waals surface area (Å²) in [4.78, 5) is 2.40. The first-order valence-electron chi connectivity index (χ1n) is 6.86. The molecule has 0 spiro atoms. The standard InChI is InChI=1S/C17H20N2/c1-13-6-8-14(9-7-13)11-19-12-16(18)10-15-4-2-3-5-17(15)19/h2-9,16H,10-12,18H2,1H3. The van der Waals surface area contributed by atoms with Crippen molar-refractivity contribution in [2.24, 2.45) is 5.73 Å². The van der Waals surface area contributed by atoms with E-state index in [2.05, 4.69) is 60.4 Å². The maximum Gasteiger partial charge on any atom is 0.0430 e. The minimum absolute atomic E-state index is 0.236. The molecule has 2 aromatic carbocycles. The lowest BCUT2D eigenvalue weighted by Gasteiger charge is -2.34. The Bertz CT molecular complexity index is 560. The van der Waals surface area contributed by atoms with Crippen LogP contribution in [0.2, 0.25) is 0 Å². The number of anilines is 1. The van der Waals surface area contributed by atoms with Crippen molar-refractivity contribution >= 4 is 5.69 Å². The fraction of sp³-hybridized carbons (Fsp3) is 0.294. The van der Waals surface area contributed by atoms with Crippen LogP contribution in [0.1, 0.15) is 16.7 Å². The van der Waals surface area contributed by atoms with Crippen LogP contribution in [0.25, 0.3) is 0 Å². The maximum absolute atomic E-state index is 6.18. The van der Waals surface area contributed by atoms with Gasteiger partial charge in [-0.2, -0.15) is 0 Å². The Morgan fingerprint density at radius 2 is 1.84 bits per heavy atom. The van der Waals surface area contributed by atoms with Gasteiger partial charge in [-0.15, -0.1) is 0 Å². The zero-order chi connectivity index (χ0) is 13.2. The fourth-order valence-corrected chi connectivity index (χ4v) is 2.78. The molecule has 98 valence electrons. The first kappa shape index (κ1) is 12.2. The fourth-order valence-electron chi connectivity index (χ4n) is 2.78. The molecule has 19 heavy (non-hydrogen) atoms. The van der Waals surface area contributed by atoms with E-state index < -0.39 is 0 Å². The van der Waals surface area contributed by atoms with Crippen LogP contribution < -0.4 is 10.6 Å². The largest absolute Gasteiger partial charge is 0.365 e. The summed E-state index contributed by atoms with van der Waals surface area (Å²) in [6.45, 7) is 3.99. The van der Waals surface area contributed by atoms with Crippen LogP contribution in [0.3, 0.4) is 0 Å². The molecule has 0 bridgehead atoms. The monoisotopic (exact) mass is 252 g/mol. The predicted octanol–water partition coefficient (Wildman–Crippen LogP) is 2.89. The van der Waals surface area contributed by atoms with E-state index in [1.54, 1.807) is 0 Å². The number of nitrogens with two attached hydrogens (primary N) is 1. The third-order valence-corrected chi connectivity index (χ3v) is 3.76. The summed E-state index contributed by atoms with van der Waals surface area (Å²) >= 11 is 0. The molecular weight excluding hydrogens is 232 g/mol. The molecule has 1 unspecified atom stereocenters. The van der Waals surface area contributed by atoms with Crippen molar-refractivity contribution < 1.29 is 0 Å². The van der Waals surface area contributed by atoms with Gasteiger partial charge in [-0.25, -0.2) is 0 Å². The van der Waals surface area contributed by atoms with Crippen LogP contribution in [0.5, 0.6) is 0 Å². The molecule has 1 aliphatic heterocycles. The number of hydrogen-bond acceptors (Lipinski definition) is 2. The van der Waals surface area contributed by atoms with Crippen LogP contribution in [-0.4, -0.2) is 12.6 Å². The molecule has 0 amide bonds. The Kier molecular flexibility index (Phi) is 3.26. The van der Waals surface area contributed by atoms with Crippen LogP contribution in [0.4, 0.5) is 5.69 Å². The Morgan fingerprint density at radius 3 is 2.63 bits per heavy atom. The van der Waals surface area contributed by atoms with Gasteiger partial charge in [0.1, 0.15) is 0 Å². The maximum atomic E-state index is 6.18. The van der Waals surface area contributed by atoms with Crippen molar-refractivity contribution in [2.75, 3.05) is 11.4 Å². The van der Waals surface area contributed by atoms with Gasteiger partial charge in [-0.1, -0.05) is 48.0 Å². The summed E-state index contributed by atoms with van der Waals surface area (Å²) in [5.41, 5.74) is 11.5. The number of aryl methyl sites for hydroxylation is 1. The number of para-hydroxylation sites is 1. The van der Waals surface area contributed by atoms with E-state index >= 15 is 0 Å². The lowest BCUT2D eigenvalue weighted by molar-refractivity contribution is 0.599. The van der Waals surface area contributed by atoms with Gasteiger partial charge < -0.3 is 10.6 Å². The van der Waals surface area contributed by atoms with Gasteiger partial charge in [0.05, 0.1) is 0 Å². The third-order valence-electron chi connectivity index (χ3n) is 3.76. The van der Waals surface area contributed by atoms with E-state index in [0.29, 0.717) is 0 Å². The zero-order valence-corrected chi connectivity index (χ0v) is 11.3. The number of hydrogen-bond donors (Lipinski definition) is 1. The second kappa shape index (κ2) is 5.06. The first-order valence-corrected chi connectivity index (χ1v) is 6.86. The minimum atomic E-state index is 0.236. The number of benzene rings is 2. The van der Waals surface area contributed by atoms with Crippen molar-refractivity contribution in [1.29, 1.82) is 0 Å². The summed E-state index contributed by atoms with van der Waals surface area (Å²) in [5, 5.41) is 0. The van der Waals surface area contributed by atoms with Crippen molar-refractivity contribution in [3.63, 3.8) is 0 Å². The normalized spacial score (nSPS) is 18.2. The molecule has 0 aliphatic carbocycles. The Hall–Kier alpha value is -1.80. The lowest BCUT2D eigenvalue weighted by atomic mass is 9.98. The molecule has 0 aromatic heterocycles. The van der Waals surface area contributed by atoms with Crippen LogP contribution in [0, 0.1) is 6.92 Å². The summed E-state index contributed by atoms with van der Waals surface area (Å²) in [6.07, 6.45) is 0.987. The van der Waals surface area contributed by atoms with E-state index in [-0.39, 0.29) is 6.04 Å². The molecule has 1 heterocycles. The quantitative estimate of drug-likeness (QED) is 0.890. The van der Waals surface area contributed by atoms with Gasteiger partial charge >= 0.3 is 0 Å². The van der Waals surface area contributed by atoms with E-state index in [0.717, 1.165) is 19.5 Å². The van der Waals surface area contributed by atoms with Gasteiger partial charge in [0.15, 0.2) is 0 Å². The van der Waals surface area contributed by atoms with Gasteiger partial charge in [0.25, 0.3) is 0 Å². The van der Waals surface area contributed by atoms with Crippen molar-refractivity contribution in [3.8, 4) is 0 Å². The third kappa shape index (κ3) is 2.64. The SMILES string of the molecule is Cc1ccc(CN2CC(N)Cc3ccccc32)cc1. The number of rotatable bonds is 2. The van der Waals surface area contributed by atoms with E-state index in [1.165, 1.54) is 22.4 Å². The molecule has 2 aromatic rings. The molecule has 0 saturated carbocycles. The second-order valence-electron chi connectivity index (χ2n) is 5.46. The van der Waals surface area contributed by atoms with Crippen molar-refractivity contribution in [3.05, 3.63) is 65.2 Å². The minimum Gasteiger partial charge on any atom is -0.365 e. The van der Waals surface area contributed by atoms with Crippen molar-refractivity contribution in [2.45, 2.75) is 25.9 Å². The van der Waals surface area contributed by atoms with E-state index in [4.69, 9.17) is 5.73 Å². The molecule has 3 rings (SSSR count). The van der Waals surface area contributed by atoms with Crippen molar-refractivity contribution in [1.82, 2.24) is 0 Å². The summed E-state index contributed by atoms with van der Waals surface area (Å²) in [7, 11) is 0. The molecule has 2 heteroatoms. The van der Waals surface area contributed by atoms with Crippen LogP contribution in [-0.2, 0) is 13.0 Å². The van der Waals surface area contributed by atoms with Gasteiger partial charge in [0, 0.05) is 24.8 Å². The molecular formula is C17H20N2. The van der Waals surface area contributed by atoms with E-state index in [9.17, 15) is 0 Å². The Morgan fingerprint density at radius 1 is 1.11 bits per heavy atom. The summed E-state index contributed by atoms with van der Waals surface area (Å²) < 4.78 is 0. The topological polar surface area (TPSA) is 29.3 Å². The number of fused-ring (bicyclic) bond motifs is 1. The summed E-state index contributed by atoms with van der Waals surface area (Å²) in [5.74, 6) is 0. The molecule has 1 atom stereocenters.